The molecule has 0 fully saturated rings. The van der Waals surface area contributed by atoms with Crippen LogP contribution in [0.2, 0.25) is 0 Å². The Balaban J connectivity index is 1.07. The highest BCUT2D eigenvalue weighted by molar-refractivity contribution is 7.86. The van der Waals surface area contributed by atoms with Crippen molar-refractivity contribution < 1.29 is 27.6 Å². The number of nitrogens with zero attached hydrogens (tertiary/aromatic N) is 6. The zero-order chi connectivity index (χ0) is 42.6. The lowest BCUT2D eigenvalue weighted by Gasteiger charge is -2.12. The number of aryl methyl sites for hydroxylation is 4. The molecule has 0 spiro atoms. The normalized spacial score (nSPS) is 12.1. The van der Waals surface area contributed by atoms with Crippen LogP contribution in [-0.2, 0) is 10.1 Å². The second kappa shape index (κ2) is 17.4. The Morgan fingerprint density at radius 2 is 1.12 bits per heavy atom. The van der Waals surface area contributed by atoms with Crippen molar-refractivity contribution in [3.05, 3.63) is 138 Å². The first-order chi connectivity index (χ1) is 28.8. The molecule has 302 valence electrons. The van der Waals surface area contributed by atoms with Crippen LogP contribution in [0.25, 0.3) is 21.5 Å². The highest BCUT2D eigenvalue weighted by Gasteiger charge is 2.21. The van der Waals surface area contributed by atoms with Gasteiger partial charge in [0.1, 0.15) is 27.8 Å². The van der Waals surface area contributed by atoms with Crippen molar-refractivity contribution in [2.24, 2.45) is 30.7 Å². The van der Waals surface area contributed by atoms with Crippen LogP contribution in [0.3, 0.4) is 0 Å². The standard InChI is InChI=1S/C46H41N7O6S/c1-7-21-59-44-10-8-9-37-36(44)18-20-39(46(37)60(55,56)57)49-51-41-23-30(5)43(25-28(41)3)53-52-42-24-27(2)40(22-29(42)4)50-48-38-19-11-31-26-33(14-17-35(31)45(38)54)47-32-12-15-34(58-6)16-13-32/h1,8-20,22-26,47,54H,7,21H2,2-6H3,(H,55,56,57). The maximum Gasteiger partial charge on any atom is 0.297 e. The summed E-state index contributed by atoms with van der Waals surface area (Å²) >= 11 is 0. The molecule has 13 nitrogen and oxygen atoms in total. The number of hydrogen-bond donors (Lipinski definition) is 3. The molecule has 14 heteroatoms. The van der Waals surface area contributed by atoms with Gasteiger partial charge < -0.3 is 19.9 Å². The minimum atomic E-state index is -4.69. The predicted octanol–water partition coefficient (Wildman–Crippen LogP) is 13.7. The lowest BCUT2D eigenvalue weighted by atomic mass is 10.1. The Hall–Kier alpha value is -7.03. The van der Waals surface area contributed by atoms with Gasteiger partial charge in [-0.1, -0.05) is 18.2 Å². The first-order valence-electron chi connectivity index (χ1n) is 18.8. The molecule has 0 aliphatic carbocycles. The van der Waals surface area contributed by atoms with E-state index >= 15 is 0 Å². The topological polar surface area (TPSA) is 179 Å². The van der Waals surface area contributed by atoms with Gasteiger partial charge in [0.25, 0.3) is 10.1 Å². The molecular formula is C46H41N7O6S. The monoisotopic (exact) mass is 819 g/mol. The van der Waals surface area contributed by atoms with Crippen LogP contribution < -0.4 is 14.8 Å². The SMILES string of the molecule is [CH]CCOc1cccc2c(S(=O)(=O)O)c(N=Nc3cc(C)c(N=Nc4cc(C)c(N=Nc5ccc6cc(Nc7ccc(OC)cc7)ccc6c5O)cc4C)cc3C)ccc12. The number of methoxy groups -OCH3 is 1. The molecule has 0 amide bonds. The van der Waals surface area contributed by atoms with Crippen molar-refractivity contribution >= 4 is 77.2 Å². The first kappa shape index (κ1) is 41.1. The van der Waals surface area contributed by atoms with Gasteiger partial charge in [0, 0.05) is 27.5 Å². The molecule has 0 aliphatic heterocycles. The molecule has 0 heterocycles. The Kier molecular flexibility index (Phi) is 12.0. The van der Waals surface area contributed by atoms with Crippen LogP contribution >= 0.6 is 0 Å². The molecule has 0 saturated heterocycles. The number of nitrogens with one attached hydrogen (secondary N) is 1. The van der Waals surface area contributed by atoms with Crippen molar-refractivity contribution in [2.75, 3.05) is 19.0 Å². The molecular weight excluding hydrogens is 779 g/mol. The van der Waals surface area contributed by atoms with Gasteiger partial charge in [0.2, 0.25) is 0 Å². The van der Waals surface area contributed by atoms with Gasteiger partial charge in [0.15, 0.2) is 5.75 Å². The van der Waals surface area contributed by atoms with Gasteiger partial charge in [-0.3, -0.25) is 4.55 Å². The van der Waals surface area contributed by atoms with Crippen molar-refractivity contribution in [1.82, 2.24) is 0 Å². The van der Waals surface area contributed by atoms with Crippen molar-refractivity contribution in [1.29, 1.82) is 0 Å². The number of fused-ring (bicyclic) bond motifs is 2. The smallest absolute Gasteiger partial charge is 0.297 e. The van der Waals surface area contributed by atoms with Crippen molar-refractivity contribution in [2.45, 2.75) is 39.0 Å². The fourth-order valence-corrected chi connectivity index (χ4v) is 7.39. The molecule has 0 atom stereocenters. The summed E-state index contributed by atoms with van der Waals surface area (Å²) in [5.74, 6) is 1.24. The third-order valence-corrected chi connectivity index (χ3v) is 10.7. The number of rotatable bonds is 13. The Bertz CT molecular complexity index is 2970. The maximum atomic E-state index is 12.6. The summed E-state index contributed by atoms with van der Waals surface area (Å²) in [5.41, 5.74) is 7.56. The van der Waals surface area contributed by atoms with Crippen LogP contribution in [0.1, 0.15) is 28.7 Å². The number of aromatic hydroxyl groups is 1. The third kappa shape index (κ3) is 8.99. The molecule has 0 bridgehead atoms. The van der Waals surface area contributed by atoms with E-state index in [2.05, 4.69) is 36.0 Å². The summed E-state index contributed by atoms with van der Waals surface area (Å²) in [6.45, 7) is 13.3. The average Bonchev–Trinajstić information content (AvgIpc) is 3.23. The van der Waals surface area contributed by atoms with E-state index in [1.165, 1.54) is 6.07 Å². The van der Waals surface area contributed by atoms with E-state index in [0.29, 0.717) is 45.0 Å². The number of anilines is 2. The van der Waals surface area contributed by atoms with Crippen LogP contribution in [0.15, 0.2) is 145 Å². The van der Waals surface area contributed by atoms with E-state index in [0.717, 1.165) is 44.8 Å². The quantitative estimate of drug-likeness (QED) is 0.0764. The minimum absolute atomic E-state index is 0.0296. The zero-order valence-corrected chi connectivity index (χ0v) is 34.3. The van der Waals surface area contributed by atoms with Crippen molar-refractivity contribution in [3.8, 4) is 17.2 Å². The number of benzene rings is 7. The fourth-order valence-electron chi connectivity index (χ4n) is 6.56. The molecule has 2 radical (unpaired) electrons. The summed E-state index contributed by atoms with van der Waals surface area (Å²) in [5, 5.41) is 43.2. The average molecular weight is 820 g/mol. The van der Waals surface area contributed by atoms with Gasteiger partial charge in [0.05, 0.1) is 36.5 Å². The second-order valence-corrected chi connectivity index (χ2v) is 15.4. The Morgan fingerprint density at radius 3 is 1.67 bits per heavy atom. The molecule has 7 rings (SSSR count). The number of phenols is 1. The van der Waals surface area contributed by atoms with Gasteiger partial charge in [-0.15, -0.1) is 10.2 Å². The van der Waals surface area contributed by atoms with E-state index in [1.54, 1.807) is 43.5 Å². The summed E-state index contributed by atoms with van der Waals surface area (Å²) in [6, 6.07) is 32.3. The molecule has 0 aromatic heterocycles. The highest BCUT2D eigenvalue weighted by atomic mass is 32.2. The molecule has 60 heavy (non-hydrogen) atoms. The molecule has 0 unspecified atom stereocenters. The molecule has 0 aliphatic rings. The van der Waals surface area contributed by atoms with Gasteiger partial charge in [-0.2, -0.15) is 28.9 Å². The summed E-state index contributed by atoms with van der Waals surface area (Å²) in [7, 11) is -3.06. The predicted molar refractivity (Wildman–Crippen MR) is 234 cm³/mol. The van der Waals surface area contributed by atoms with Crippen LogP contribution in [0.5, 0.6) is 17.2 Å². The second-order valence-electron chi connectivity index (χ2n) is 14.1. The molecule has 3 N–H and O–H groups in total. The number of azo groups is 3. The van der Waals surface area contributed by atoms with Crippen LogP contribution in [-0.4, -0.2) is 31.8 Å². The third-order valence-electron chi connectivity index (χ3n) is 9.76. The minimum Gasteiger partial charge on any atom is -0.505 e. The number of phenolic OH excluding ortho intramolecular Hbond substituents is 1. The number of hydrogen-bond acceptors (Lipinski definition) is 12. The van der Waals surface area contributed by atoms with Crippen LogP contribution in [0, 0.1) is 34.6 Å². The van der Waals surface area contributed by atoms with Crippen molar-refractivity contribution in [3.63, 3.8) is 0 Å². The summed E-state index contributed by atoms with van der Waals surface area (Å²) in [4.78, 5) is -0.374. The molecule has 7 aromatic carbocycles. The number of ether oxygens (including phenoxy) is 2. The highest BCUT2D eigenvalue weighted by Crippen LogP contribution is 2.40. The molecule has 7 aromatic rings. The van der Waals surface area contributed by atoms with E-state index < -0.39 is 10.1 Å². The molecule has 0 saturated carbocycles. The maximum absolute atomic E-state index is 12.6. The fraction of sp³-hybridized carbons (Fsp3) is 0.152. The lowest BCUT2D eigenvalue weighted by Crippen LogP contribution is -2.01. The Morgan fingerprint density at radius 1 is 0.600 bits per heavy atom. The lowest BCUT2D eigenvalue weighted by molar-refractivity contribution is 0.328. The van der Waals surface area contributed by atoms with Gasteiger partial charge in [-0.25, -0.2) is 0 Å². The largest absolute Gasteiger partial charge is 0.505 e. The Labute approximate surface area is 347 Å². The van der Waals surface area contributed by atoms with E-state index in [-0.39, 0.29) is 34.7 Å². The van der Waals surface area contributed by atoms with Gasteiger partial charge >= 0.3 is 0 Å². The summed E-state index contributed by atoms with van der Waals surface area (Å²) < 4.78 is 46.3. The first-order valence-corrected chi connectivity index (χ1v) is 20.3. The van der Waals surface area contributed by atoms with Crippen LogP contribution in [0.4, 0.5) is 45.5 Å². The van der Waals surface area contributed by atoms with Gasteiger partial charge in [-0.05, 0) is 160 Å². The summed E-state index contributed by atoms with van der Waals surface area (Å²) in [6.07, 6.45) is 0.280. The van der Waals surface area contributed by atoms with E-state index in [9.17, 15) is 18.1 Å². The van der Waals surface area contributed by atoms with E-state index in [4.69, 9.17) is 16.4 Å². The zero-order valence-electron chi connectivity index (χ0n) is 33.5. The van der Waals surface area contributed by atoms with E-state index in [1.807, 2.05) is 94.4 Å².